The number of rotatable bonds is 4. The highest BCUT2D eigenvalue weighted by molar-refractivity contribution is 5.27. The summed E-state index contributed by atoms with van der Waals surface area (Å²) in [5.74, 6) is 1.39. The van der Waals surface area contributed by atoms with Gasteiger partial charge in [-0.15, -0.1) is 0 Å². The second-order valence-electron chi connectivity index (χ2n) is 4.71. The third-order valence-corrected chi connectivity index (χ3v) is 3.37. The van der Waals surface area contributed by atoms with E-state index >= 15 is 0 Å². The van der Waals surface area contributed by atoms with E-state index in [4.69, 9.17) is 4.74 Å². The quantitative estimate of drug-likeness (QED) is 0.845. The standard InChI is InChI=1S/C14H20O2/c1-11-4-2-6-13(10-11)16-9-8-12-5-3-7-14(12)15/h2,4,6,10,12,14-15H,3,5,7-9H2,1H3. The fourth-order valence-corrected chi connectivity index (χ4v) is 2.39. The summed E-state index contributed by atoms with van der Waals surface area (Å²) in [4.78, 5) is 0. The molecule has 0 aliphatic heterocycles. The average Bonchev–Trinajstić information content (AvgIpc) is 2.65. The fraction of sp³-hybridized carbons (Fsp3) is 0.571. The van der Waals surface area contributed by atoms with Crippen molar-refractivity contribution in [2.24, 2.45) is 5.92 Å². The van der Waals surface area contributed by atoms with Crippen LogP contribution >= 0.6 is 0 Å². The maximum atomic E-state index is 9.67. The molecule has 1 aromatic carbocycles. The molecule has 1 N–H and O–H groups in total. The maximum absolute atomic E-state index is 9.67. The van der Waals surface area contributed by atoms with Crippen LogP contribution in [-0.2, 0) is 0 Å². The van der Waals surface area contributed by atoms with Gasteiger partial charge in [0.1, 0.15) is 5.75 Å². The Bertz CT molecular complexity index is 335. The molecular weight excluding hydrogens is 200 g/mol. The molecule has 2 nitrogen and oxygen atoms in total. The van der Waals surface area contributed by atoms with Crippen molar-refractivity contribution in [3.63, 3.8) is 0 Å². The first kappa shape index (κ1) is 11.5. The molecule has 1 aliphatic carbocycles. The zero-order valence-electron chi connectivity index (χ0n) is 9.86. The molecule has 88 valence electrons. The van der Waals surface area contributed by atoms with Crippen LogP contribution < -0.4 is 4.74 Å². The van der Waals surface area contributed by atoms with Gasteiger partial charge >= 0.3 is 0 Å². The molecule has 16 heavy (non-hydrogen) atoms. The van der Waals surface area contributed by atoms with Gasteiger partial charge in [-0.25, -0.2) is 0 Å². The summed E-state index contributed by atoms with van der Waals surface area (Å²) in [5, 5.41) is 9.67. The Kier molecular flexibility index (Phi) is 3.83. The average molecular weight is 220 g/mol. The molecular formula is C14H20O2. The number of ether oxygens (including phenoxy) is 1. The molecule has 2 unspecified atom stereocenters. The highest BCUT2D eigenvalue weighted by Gasteiger charge is 2.24. The summed E-state index contributed by atoms with van der Waals surface area (Å²) in [5.41, 5.74) is 1.22. The van der Waals surface area contributed by atoms with Crippen molar-refractivity contribution in [1.29, 1.82) is 0 Å². The molecule has 1 aromatic rings. The van der Waals surface area contributed by atoms with Gasteiger partial charge in [-0.2, -0.15) is 0 Å². The SMILES string of the molecule is Cc1cccc(OCCC2CCCC2O)c1. The zero-order valence-corrected chi connectivity index (χ0v) is 9.86. The Labute approximate surface area is 97.3 Å². The summed E-state index contributed by atoms with van der Waals surface area (Å²) < 4.78 is 5.69. The lowest BCUT2D eigenvalue weighted by Crippen LogP contribution is -2.16. The Balaban J connectivity index is 1.75. The first-order valence-electron chi connectivity index (χ1n) is 6.13. The Hall–Kier alpha value is -1.02. The number of aliphatic hydroxyl groups excluding tert-OH is 1. The van der Waals surface area contributed by atoms with Crippen LogP contribution in [-0.4, -0.2) is 17.8 Å². The van der Waals surface area contributed by atoms with E-state index in [1.807, 2.05) is 18.2 Å². The van der Waals surface area contributed by atoms with E-state index in [0.29, 0.717) is 12.5 Å². The Morgan fingerprint density at radius 3 is 2.94 bits per heavy atom. The number of aryl methyl sites for hydroxylation is 1. The van der Waals surface area contributed by atoms with Crippen LogP contribution in [0.15, 0.2) is 24.3 Å². The largest absolute Gasteiger partial charge is 0.494 e. The van der Waals surface area contributed by atoms with Crippen LogP contribution in [0.4, 0.5) is 0 Å². The molecule has 1 fully saturated rings. The second-order valence-corrected chi connectivity index (χ2v) is 4.71. The van der Waals surface area contributed by atoms with E-state index in [1.54, 1.807) is 0 Å². The van der Waals surface area contributed by atoms with E-state index < -0.39 is 0 Å². The predicted octanol–water partition coefficient (Wildman–Crippen LogP) is 2.92. The molecule has 2 heteroatoms. The van der Waals surface area contributed by atoms with E-state index in [0.717, 1.165) is 31.4 Å². The molecule has 0 saturated heterocycles. The number of benzene rings is 1. The minimum absolute atomic E-state index is 0.0962. The van der Waals surface area contributed by atoms with Gasteiger partial charge in [-0.3, -0.25) is 0 Å². The third-order valence-electron chi connectivity index (χ3n) is 3.37. The molecule has 1 aliphatic rings. The first-order chi connectivity index (χ1) is 7.75. The normalized spacial score (nSPS) is 24.6. The van der Waals surface area contributed by atoms with Gasteiger partial charge in [0.15, 0.2) is 0 Å². The third kappa shape index (κ3) is 2.99. The molecule has 0 spiro atoms. The lowest BCUT2D eigenvalue weighted by Gasteiger charge is -2.14. The Morgan fingerprint density at radius 1 is 1.38 bits per heavy atom. The summed E-state index contributed by atoms with van der Waals surface area (Å²) in [6, 6.07) is 8.10. The van der Waals surface area contributed by atoms with E-state index in [2.05, 4.69) is 13.0 Å². The minimum atomic E-state index is -0.0962. The van der Waals surface area contributed by atoms with Gasteiger partial charge in [-0.1, -0.05) is 18.6 Å². The smallest absolute Gasteiger partial charge is 0.119 e. The van der Waals surface area contributed by atoms with Crippen molar-refractivity contribution in [3.05, 3.63) is 29.8 Å². The second kappa shape index (κ2) is 5.35. The van der Waals surface area contributed by atoms with Crippen LogP contribution in [0.2, 0.25) is 0 Å². The van der Waals surface area contributed by atoms with Gasteiger partial charge in [-0.05, 0) is 49.8 Å². The van der Waals surface area contributed by atoms with E-state index in [1.165, 1.54) is 5.56 Å². The van der Waals surface area contributed by atoms with Crippen molar-refractivity contribution in [3.8, 4) is 5.75 Å². The predicted molar refractivity (Wildman–Crippen MR) is 64.6 cm³/mol. The van der Waals surface area contributed by atoms with Crippen LogP contribution in [0.1, 0.15) is 31.2 Å². The summed E-state index contributed by atoms with van der Waals surface area (Å²) in [6.07, 6.45) is 4.15. The lowest BCUT2D eigenvalue weighted by atomic mass is 10.0. The van der Waals surface area contributed by atoms with Gasteiger partial charge in [0.2, 0.25) is 0 Å². The highest BCUT2D eigenvalue weighted by atomic mass is 16.5. The molecule has 0 aromatic heterocycles. The number of hydrogen-bond donors (Lipinski definition) is 1. The summed E-state index contributed by atoms with van der Waals surface area (Å²) >= 11 is 0. The monoisotopic (exact) mass is 220 g/mol. The van der Waals surface area contributed by atoms with Crippen LogP contribution in [0.5, 0.6) is 5.75 Å². The van der Waals surface area contributed by atoms with Gasteiger partial charge < -0.3 is 9.84 Å². The van der Waals surface area contributed by atoms with Crippen LogP contribution in [0.3, 0.4) is 0 Å². The molecule has 0 radical (unpaired) electrons. The minimum Gasteiger partial charge on any atom is -0.494 e. The van der Waals surface area contributed by atoms with Crippen LogP contribution in [0, 0.1) is 12.8 Å². The molecule has 1 saturated carbocycles. The number of hydrogen-bond acceptors (Lipinski definition) is 2. The summed E-state index contributed by atoms with van der Waals surface area (Å²) in [6.45, 7) is 2.78. The van der Waals surface area contributed by atoms with Crippen molar-refractivity contribution in [2.75, 3.05) is 6.61 Å². The zero-order chi connectivity index (χ0) is 11.4. The van der Waals surface area contributed by atoms with Gasteiger partial charge in [0.25, 0.3) is 0 Å². The highest BCUT2D eigenvalue weighted by Crippen LogP contribution is 2.28. The topological polar surface area (TPSA) is 29.5 Å². The molecule has 2 atom stereocenters. The van der Waals surface area contributed by atoms with Gasteiger partial charge in [0, 0.05) is 0 Å². The number of aliphatic hydroxyl groups is 1. The van der Waals surface area contributed by atoms with Crippen molar-refractivity contribution < 1.29 is 9.84 Å². The summed E-state index contributed by atoms with van der Waals surface area (Å²) in [7, 11) is 0. The van der Waals surface area contributed by atoms with Crippen LogP contribution in [0.25, 0.3) is 0 Å². The molecule has 0 bridgehead atoms. The van der Waals surface area contributed by atoms with Crippen molar-refractivity contribution in [2.45, 2.75) is 38.7 Å². The van der Waals surface area contributed by atoms with E-state index in [9.17, 15) is 5.11 Å². The Morgan fingerprint density at radius 2 is 2.25 bits per heavy atom. The van der Waals surface area contributed by atoms with Gasteiger partial charge in [0.05, 0.1) is 12.7 Å². The maximum Gasteiger partial charge on any atom is 0.119 e. The first-order valence-corrected chi connectivity index (χ1v) is 6.13. The van der Waals surface area contributed by atoms with E-state index in [-0.39, 0.29) is 6.10 Å². The molecule has 2 rings (SSSR count). The fourth-order valence-electron chi connectivity index (χ4n) is 2.39. The lowest BCUT2D eigenvalue weighted by molar-refractivity contribution is 0.117. The molecule has 0 amide bonds. The van der Waals surface area contributed by atoms with Crippen molar-refractivity contribution in [1.82, 2.24) is 0 Å². The molecule has 0 heterocycles. The van der Waals surface area contributed by atoms with Crippen molar-refractivity contribution >= 4 is 0 Å².